The van der Waals surface area contributed by atoms with E-state index in [1.807, 2.05) is 58.2 Å². The van der Waals surface area contributed by atoms with Gasteiger partial charge in [-0.15, -0.1) is 5.10 Å². The Labute approximate surface area is 145 Å². The molecule has 1 aromatic carbocycles. The van der Waals surface area contributed by atoms with E-state index in [9.17, 15) is 4.79 Å². The molecule has 0 saturated carbocycles. The van der Waals surface area contributed by atoms with Gasteiger partial charge in [0.1, 0.15) is 0 Å². The lowest BCUT2D eigenvalue weighted by Gasteiger charge is -2.20. The highest BCUT2D eigenvalue weighted by atomic mass is 32.2. The number of rotatable bonds is 7. The third-order valence-corrected chi connectivity index (χ3v) is 4.97. The molecule has 23 heavy (non-hydrogen) atoms. The second-order valence-electron chi connectivity index (χ2n) is 5.44. The van der Waals surface area contributed by atoms with E-state index < -0.39 is 0 Å². The van der Waals surface area contributed by atoms with Crippen LogP contribution in [0.1, 0.15) is 26.3 Å². The highest BCUT2D eigenvalue weighted by Crippen LogP contribution is 2.31. The summed E-state index contributed by atoms with van der Waals surface area (Å²) in [6.45, 7) is 6.37. The van der Waals surface area contributed by atoms with Crippen molar-refractivity contribution in [3.05, 3.63) is 35.9 Å². The van der Waals surface area contributed by atoms with Crippen LogP contribution in [0.5, 0.6) is 5.19 Å². The first-order valence-electron chi connectivity index (χ1n) is 7.41. The molecule has 124 valence electrons. The predicted molar refractivity (Wildman–Crippen MR) is 93.9 cm³/mol. The Hall–Kier alpha value is -1.60. The summed E-state index contributed by atoms with van der Waals surface area (Å²) < 4.78 is 6.24. The van der Waals surface area contributed by atoms with Crippen molar-refractivity contribution in [1.29, 1.82) is 0 Å². The van der Waals surface area contributed by atoms with Crippen molar-refractivity contribution in [2.45, 2.75) is 43.0 Å². The minimum atomic E-state index is -0.219. The Morgan fingerprint density at radius 1 is 1.26 bits per heavy atom. The monoisotopic (exact) mass is 351 g/mol. The van der Waals surface area contributed by atoms with E-state index in [4.69, 9.17) is 4.74 Å². The lowest BCUT2D eigenvalue weighted by molar-refractivity contribution is -0.129. The van der Waals surface area contributed by atoms with Gasteiger partial charge >= 0.3 is 0 Å². The van der Waals surface area contributed by atoms with E-state index in [2.05, 4.69) is 10.2 Å². The molecule has 1 atom stereocenters. The topological polar surface area (TPSA) is 55.3 Å². The molecule has 0 saturated heterocycles. The maximum Gasteiger partial charge on any atom is 0.295 e. The molecule has 0 bridgehead atoms. The van der Waals surface area contributed by atoms with Crippen LogP contribution in [0.15, 0.2) is 34.7 Å². The molecule has 0 aliphatic heterocycles. The van der Waals surface area contributed by atoms with E-state index in [0.29, 0.717) is 11.7 Å². The predicted octanol–water partition coefficient (Wildman–Crippen LogP) is 3.46. The summed E-state index contributed by atoms with van der Waals surface area (Å²) in [5.41, 5.74) is 1.11. The molecule has 1 heterocycles. The zero-order valence-electron chi connectivity index (χ0n) is 13.7. The number of carbonyl (C=O) groups excluding carboxylic acids is 1. The molecular weight excluding hydrogens is 330 g/mol. The standard InChI is InChI=1S/C16H21N3O2S2/c1-11(2)21-15-17-18-16(23-15)22-12(3)14(20)19(4)10-13-8-6-5-7-9-13/h5-9,11-12H,10H2,1-4H3/t12-/m1/s1. The number of aromatic nitrogens is 2. The summed E-state index contributed by atoms with van der Waals surface area (Å²) in [6, 6.07) is 9.95. The van der Waals surface area contributed by atoms with Crippen LogP contribution in [0.2, 0.25) is 0 Å². The van der Waals surface area contributed by atoms with Crippen molar-refractivity contribution in [2.75, 3.05) is 7.05 Å². The molecule has 0 aliphatic carbocycles. The van der Waals surface area contributed by atoms with Crippen LogP contribution in [0, 0.1) is 0 Å². The molecule has 7 heteroatoms. The molecule has 1 aromatic heterocycles. The third-order valence-electron chi connectivity index (χ3n) is 2.99. The van der Waals surface area contributed by atoms with Gasteiger partial charge in [-0.2, -0.15) is 0 Å². The van der Waals surface area contributed by atoms with Crippen molar-refractivity contribution in [3.63, 3.8) is 0 Å². The Morgan fingerprint density at radius 2 is 1.96 bits per heavy atom. The fourth-order valence-corrected chi connectivity index (χ4v) is 4.00. The van der Waals surface area contributed by atoms with Gasteiger partial charge in [0.05, 0.1) is 11.4 Å². The van der Waals surface area contributed by atoms with Crippen LogP contribution in [0.4, 0.5) is 0 Å². The maximum absolute atomic E-state index is 12.5. The highest BCUT2D eigenvalue weighted by Gasteiger charge is 2.21. The number of amides is 1. The third kappa shape index (κ3) is 5.51. The van der Waals surface area contributed by atoms with Crippen molar-refractivity contribution in [3.8, 4) is 5.19 Å². The first-order valence-corrected chi connectivity index (χ1v) is 9.11. The molecule has 0 N–H and O–H groups in total. The smallest absolute Gasteiger partial charge is 0.295 e. The Morgan fingerprint density at radius 3 is 2.61 bits per heavy atom. The molecule has 0 spiro atoms. The molecule has 0 fully saturated rings. The maximum atomic E-state index is 12.5. The average molecular weight is 351 g/mol. The van der Waals surface area contributed by atoms with Crippen LogP contribution in [-0.4, -0.2) is 39.4 Å². The second-order valence-corrected chi connectivity index (χ2v) is 7.97. The van der Waals surface area contributed by atoms with Gasteiger partial charge in [0.15, 0.2) is 4.34 Å². The van der Waals surface area contributed by atoms with E-state index in [-0.39, 0.29) is 17.3 Å². The fourth-order valence-electron chi connectivity index (χ4n) is 1.94. The zero-order valence-corrected chi connectivity index (χ0v) is 15.4. The van der Waals surface area contributed by atoms with Crippen molar-refractivity contribution < 1.29 is 9.53 Å². The quantitative estimate of drug-likeness (QED) is 0.715. The number of thioether (sulfide) groups is 1. The number of carbonyl (C=O) groups is 1. The van der Waals surface area contributed by atoms with E-state index >= 15 is 0 Å². The summed E-state index contributed by atoms with van der Waals surface area (Å²) in [6.07, 6.45) is 0.0665. The van der Waals surface area contributed by atoms with Gasteiger partial charge in [0.25, 0.3) is 5.19 Å². The van der Waals surface area contributed by atoms with E-state index in [0.717, 1.165) is 9.90 Å². The molecule has 0 radical (unpaired) electrons. The summed E-state index contributed by atoms with van der Waals surface area (Å²) in [4.78, 5) is 14.2. The average Bonchev–Trinajstić information content (AvgIpc) is 2.93. The van der Waals surface area contributed by atoms with Gasteiger partial charge in [0, 0.05) is 13.6 Å². The van der Waals surface area contributed by atoms with Crippen LogP contribution in [-0.2, 0) is 11.3 Å². The Kier molecular flexibility index (Phi) is 6.41. The number of hydrogen-bond donors (Lipinski definition) is 0. The van der Waals surface area contributed by atoms with Gasteiger partial charge < -0.3 is 9.64 Å². The van der Waals surface area contributed by atoms with Crippen LogP contribution >= 0.6 is 23.1 Å². The fraction of sp³-hybridized carbons (Fsp3) is 0.438. The molecule has 0 aliphatic rings. The van der Waals surface area contributed by atoms with Crippen molar-refractivity contribution in [2.24, 2.45) is 0 Å². The minimum absolute atomic E-state index is 0.0665. The van der Waals surface area contributed by atoms with Gasteiger partial charge in [-0.25, -0.2) is 0 Å². The molecule has 1 amide bonds. The lowest BCUT2D eigenvalue weighted by Crippen LogP contribution is -2.32. The van der Waals surface area contributed by atoms with Crippen molar-refractivity contribution in [1.82, 2.24) is 15.1 Å². The Bertz CT molecular complexity index is 631. The molecule has 2 rings (SSSR count). The van der Waals surface area contributed by atoms with Gasteiger partial charge in [-0.05, 0) is 37.7 Å². The number of hydrogen-bond acceptors (Lipinski definition) is 6. The molecule has 0 unspecified atom stereocenters. The molecule has 5 nitrogen and oxygen atoms in total. The summed E-state index contributed by atoms with van der Waals surface area (Å²) >= 11 is 2.78. The van der Waals surface area contributed by atoms with Gasteiger partial charge in [-0.3, -0.25) is 4.79 Å². The van der Waals surface area contributed by atoms with E-state index in [1.165, 1.54) is 23.1 Å². The largest absolute Gasteiger partial charge is 0.466 e. The van der Waals surface area contributed by atoms with Gasteiger partial charge in [-0.1, -0.05) is 47.2 Å². The highest BCUT2D eigenvalue weighted by molar-refractivity contribution is 8.02. The summed E-state index contributed by atoms with van der Waals surface area (Å²) in [5, 5.41) is 8.38. The number of benzene rings is 1. The lowest BCUT2D eigenvalue weighted by atomic mass is 10.2. The number of ether oxygens (including phenoxy) is 1. The normalized spacial score (nSPS) is 12.2. The van der Waals surface area contributed by atoms with Crippen LogP contribution < -0.4 is 4.74 Å². The number of nitrogens with zero attached hydrogens (tertiary/aromatic N) is 3. The van der Waals surface area contributed by atoms with Crippen LogP contribution in [0.3, 0.4) is 0 Å². The minimum Gasteiger partial charge on any atom is -0.466 e. The first-order chi connectivity index (χ1) is 11.0. The zero-order chi connectivity index (χ0) is 16.8. The molecular formula is C16H21N3O2S2. The summed E-state index contributed by atoms with van der Waals surface area (Å²) in [7, 11) is 1.82. The van der Waals surface area contributed by atoms with Gasteiger partial charge in [0.2, 0.25) is 5.91 Å². The first kappa shape index (κ1) is 17.7. The van der Waals surface area contributed by atoms with Crippen LogP contribution in [0.25, 0.3) is 0 Å². The second kappa shape index (κ2) is 8.31. The molecule has 2 aromatic rings. The van der Waals surface area contributed by atoms with E-state index in [1.54, 1.807) is 4.90 Å². The summed E-state index contributed by atoms with van der Waals surface area (Å²) in [5.74, 6) is 0.0698. The van der Waals surface area contributed by atoms with Crippen molar-refractivity contribution >= 4 is 29.0 Å². The Balaban J connectivity index is 1.90. The SMILES string of the molecule is CC(C)Oc1nnc(S[C@H](C)C(=O)N(C)Cc2ccccc2)s1.